The summed E-state index contributed by atoms with van der Waals surface area (Å²) in [4.78, 5) is 14.0. The van der Waals surface area contributed by atoms with Gasteiger partial charge in [-0.25, -0.2) is 14.4 Å². The fourth-order valence-corrected chi connectivity index (χ4v) is 4.16. The Bertz CT molecular complexity index is 1200. The van der Waals surface area contributed by atoms with Crippen molar-refractivity contribution in [2.75, 3.05) is 23.7 Å². The summed E-state index contributed by atoms with van der Waals surface area (Å²) in [5.74, 6) is 0.808. The van der Waals surface area contributed by atoms with E-state index in [9.17, 15) is 4.39 Å². The van der Waals surface area contributed by atoms with Crippen molar-refractivity contribution in [3.05, 3.63) is 72.2 Å². The topological polar surface area (TPSA) is 79.7 Å². The molecule has 3 N–H and O–H groups in total. The molecule has 1 aliphatic rings. The monoisotopic (exact) mass is 447 g/mol. The number of anilines is 3. The van der Waals surface area contributed by atoms with Gasteiger partial charge in [-0.15, -0.1) is 0 Å². The molecule has 172 valence electrons. The first-order valence-corrected chi connectivity index (χ1v) is 11.0. The predicted octanol–water partition coefficient (Wildman–Crippen LogP) is 5.44. The number of hydrogen-bond donors (Lipinski definition) is 3. The molecule has 2 aromatic heterocycles. The van der Waals surface area contributed by atoms with Crippen LogP contribution < -0.4 is 16.0 Å². The van der Waals surface area contributed by atoms with Crippen LogP contribution in [0.2, 0.25) is 0 Å². The van der Waals surface area contributed by atoms with Gasteiger partial charge >= 0.3 is 0 Å². The molecule has 1 atom stereocenters. The highest BCUT2D eigenvalue weighted by molar-refractivity contribution is 5.76. The fraction of sp³-hybridized carbons (Fsp3) is 0.320. The highest BCUT2D eigenvalue weighted by Gasteiger charge is 2.23. The van der Waals surface area contributed by atoms with Crippen molar-refractivity contribution in [1.29, 1.82) is 0 Å². The molecule has 0 saturated carbocycles. The number of para-hydroxylation sites is 1. The summed E-state index contributed by atoms with van der Waals surface area (Å²) >= 11 is 0. The van der Waals surface area contributed by atoms with Crippen molar-refractivity contribution >= 4 is 28.7 Å². The summed E-state index contributed by atoms with van der Waals surface area (Å²) in [6.07, 6.45) is 3.63. The van der Waals surface area contributed by atoms with Crippen molar-refractivity contribution in [2.24, 2.45) is 0 Å². The number of piperidine rings is 1. The minimum absolute atomic E-state index is 0. The third-order valence-electron chi connectivity index (χ3n) is 5.87. The Kier molecular flexibility index (Phi) is 6.84. The molecule has 1 aliphatic heterocycles. The molecule has 0 bridgehead atoms. The van der Waals surface area contributed by atoms with E-state index in [2.05, 4.69) is 44.6 Å². The molecule has 0 radical (unpaired) electrons. The maximum absolute atomic E-state index is 14.3. The zero-order valence-electron chi connectivity index (χ0n) is 17.9. The normalized spacial score (nSPS) is 15.1. The minimum atomic E-state index is -0.318. The number of aromatic nitrogens is 4. The molecule has 5 rings (SSSR count). The number of nitrogens with zero attached hydrogens (tertiary/aromatic N) is 4. The summed E-state index contributed by atoms with van der Waals surface area (Å²) in [6, 6.07) is 17.1. The Morgan fingerprint density at radius 2 is 1.76 bits per heavy atom. The van der Waals surface area contributed by atoms with E-state index in [1.165, 1.54) is 6.07 Å². The number of fused-ring (bicyclic) bond motifs is 1. The number of rotatable bonds is 6. The van der Waals surface area contributed by atoms with E-state index in [1.54, 1.807) is 24.4 Å². The number of nitrogens with one attached hydrogen (secondary N) is 3. The Labute approximate surface area is 193 Å². The van der Waals surface area contributed by atoms with Gasteiger partial charge in [-0.2, -0.15) is 4.98 Å². The van der Waals surface area contributed by atoms with Gasteiger partial charge in [0.1, 0.15) is 11.3 Å². The van der Waals surface area contributed by atoms with Gasteiger partial charge < -0.3 is 16.0 Å². The Morgan fingerprint density at radius 3 is 2.52 bits per heavy atom. The Morgan fingerprint density at radius 1 is 1.03 bits per heavy atom. The van der Waals surface area contributed by atoms with E-state index in [0.717, 1.165) is 37.1 Å². The lowest BCUT2D eigenvalue weighted by molar-refractivity contribution is 0.376. The van der Waals surface area contributed by atoms with E-state index < -0.39 is 0 Å². The maximum Gasteiger partial charge on any atom is 0.225 e. The highest BCUT2D eigenvalue weighted by Crippen LogP contribution is 2.31. The molecular formula is C25H30FN7. The van der Waals surface area contributed by atoms with Crippen LogP contribution in [-0.2, 0) is 0 Å². The quantitative estimate of drug-likeness (QED) is 0.365. The van der Waals surface area contributed by atoms with Crippen molar-refractivity contribution < 1.29 is 4.39 Å². The van der Waals surface area contributed by atoms with Crippen LogP contribution in [0.5, 0.6) is 0 Å². The first kappa shape index (κ1) is 22.7. The minimum Gasteiger partial charge on any atom is -0.348 e. The lowest BCUT2D eigenvalue weighted by Crippen LogP contribution is -2.30. The summed E-state index contributed by atoms with van der Waals surface area (Å²) in [5, 5.41) is 9.97. The van der Waals surface area contributed by atoms with Gasteiger partial charge in [0, 0.05) is 6.04 Å². The van der Waals surface area contributed by atoms with Gasteiger partial charge in [-0.1, -0.05) is 49.9 Å². The number of hydrogen-bond acceptors (Lipinski definition) is 6. The van der Waals surface area contributed by atoms with Crippen molar-refractivity contribution in [3.63, 3.8) is 0 Å². The third-order valence-corrected chi connectivity index (χ3v) is 5.87. The molecule has 3 heterocycles. The molecule has 0 amide bonds. The summed E-state index contributed by atoms with van der Waals surface area (Å²) in [6.45, 7) is 3.92. The largest absolute Gasteiger partial charge is 0.348 e. The smallest absolute Gasteiger partial charge is 0.225 e. The fourth-order valence-electron chi connectivity index (χ4n) is 4.16. The molecule has 0 spiro atoms. The number of benzene rings is 2. The molecule has 1 saturated heterocycles. The molecule has 8 heteroatoms. The van der Waals surface area contributed by atoms with Gasteiger partial charge in [0.05, 0.1) is 17.9 Å². The molecule has 2 aromatic carbocycles. The second-order valence-electron chi connectivity index (χ2n) is 8.07. The van der Waals surface area contributed by atoms with Crippen LogP contribution in [0.3, 0.4) is 0 Å². The molecule has 4 aromatic rings. The second-order valence-corrected chi connectivity index (χ2v) is 8.07. The van der Waals surface area contributed by atoms with Gasteiger partial charge in [-0.3, -0.25) is 4.57 Å². The standard InChI is InChI=1S/C24H26FN7.CH4/c1-16(17-7-3-2-4-8-17)28-23-27-15-21-22(31-23)32(18-11-13-26-14-12-18)24(30-21)29-20-10-6-5-9-19(20)25;/h2-10,15-16,18,26H,11-14H2,1H3,(H,29,30)(H,27,28,31);1H4. The van der Waals surface area contributed by atoms with Crippen LogP contribution in [0.25, 0.3) is 11.2 Å². The SMILES string of the molecule is C.CC(Nc1ncc2nc(Nc3ccccc3F)n(C3CCNCC3)c2n1)c1ccccc1. The van der Waals surface area contributed by atoms with E-state index in [0.29, 0.717) is 23.1 Å². The van der Waals surface area contributed by atoms with Crippen molar-refractivity contribution in [2.45, 2.75) is 39.3 Å². The molecule has 0 aliphatic carbocycles. The highest BCUT2D eigenvalue weighted by atomic mass is 19.1. The number of imidazole rings is 1. The lowest BCUT2D eigenvalue weighted by atomic mass is 10.1. The van der Waals surface area contributed by atoms with Crippen molar-refractivity contribution in [3.8, 4) is 0 Å². The van der Waals surface area contributed by atoms with Gasteiger partial charge in [0.15, 0.2) is 5.65 Å². The first-order chi connectivity index (χ1) is 15.7. The van der Waals surface area contributed by atoms with Gasteiger partial charge in [-0.05, 0) is 50.6 Å². The van der Waals surface area contributed by atoms with Crippen LogP contribution in [-0.4, -0.2) is 32.6 Å². The first-order valence-electron chi connectivity index (χ1n) is 11.0. The molecule has 1 fully saturated rings. The summed E-state index contributed by atoms with van der Waals surface area (Å²) < 4.78 is 16.4. The van der Waals surface area contributed by atoms with Crippen LogP contribution >= 0.6 is 0 Å². The average Bonchev–Trinajstić information content (AvgIpc) is 3.19. The van der Waals surface area contributed by atoms with Crippen LogP contribution in [0.15, 0.2) is 60.8 Å². The molecule has 33 heavy (non-hydrogen) atoms. The van der Waals surface area contributed by atoms with Gasteiger partial charge in [0.25, 0.3) is 0 Å². The second kappa shape index (κ2) is 9.95. The maximum atomic E-state index is 14.3. The predicted molar refractivity (Wildman–Crippen MR) is 131 cm³/mol. The molecule has 1 unspecified atom stereocenters. The Balaban J connectivity index is 0.00000259. The molecular weight excluding hydrogens is 417 g/mol. The Hall–Kier alpha value is -3.52. The molecule has 7 nitrogen and oxygen atoms in total. The average molecular weight is 448 g/mol. The zero-order valence-corrected chi connectivity index (χ0v) is 17.9. The van der Waals surface area contributed by atoms with Crippen LogP contribution in [0.4, 0.5) is 22.0 Å². The summed E-state index contributed by atoms with van der Waals surface area (Å²) in [7, 11) is 0. The summed E-state index contributed by atoms with van der Waals surface area (Å²) in [5.41, 5.74) is 2.97. The van der Waals surface area contributed by atoms with E-state index in [-0.39, 0.29) is 25.3 Å². The van der Waals surface area contributed by atoms with Crippen LogP contribution in [0, 0.1) is 5.82 Å². The van der Waals surface area contributed by atoms with Crippen molar-refractivity contribution in [1.82, 2.24) is 24.8 Å². The van der Waals surface area contributed by atoms with E-state index in [1.807, 2.05) is 18.2 Å². The number of halogens is 1. The zero-order chi connectivity index (χ0) is 21.9. The van der Waals surface area contributed by atoms with Crippen LogP contribution in [0.1, 0.15) is 44.8 Å². The third kappa shape index (κ3) is 4.80. The lowest BCUT2D eigenvalue weighted by Gasteiger charge is -2.26. The van der Waals surface area contributed by atoms with Gasteiger partial charge in [0.2, 0.25) is 11.9 Å². The van der Waals surface area contributed by atoms with E-state index >= 15 is 0 Å². The van der Waals surface area contributed by atoms with E-state index in [4.69, 9.17) is 9.97 Å².